The Balaban J connectivity index is 1.69. The van der Waals surface area contributed by atoms with E-state index in [1.807, 2.05) is 12.1 Å². The van der Waals surface area contributed by atoms with Gasteiger partial charge in [-0.15, -0.1) is 0 Å². The summed E-state index contributed by atoms with van der Waals surface area (Å²) in [6.45, 7) is 3.46. The Morgan fingerprint density at radius 1 is 1.10 bits per heavy atom. The van der Waals surface area contributed by atoms with Crippen molar-refractivity contribution in [1.29, 1.82) is 0 Å². The zero-order valence-corrected chi connectivity index (χ0v) is 11.7. The monoisotopic (exact) mass is 290 g/mol. The van der Waals surface area contributed by atoms with Gasteiger partial charge < -0.3 is 15.0 Å². The maximum Gasteiger partial charge on any atom is 0.135 e. The second kappa shape index (κ2) is 6.07. The molecule has 1 N–H and O–H groups in total. The fraction of sp³-hybridized carbons (Fsp3) is 0.286. The topological polar surface area (TPSA) is 50.3 Å². The van der Waals surface area contributed by atoms with Crippen molar-refractivity contribution in [3.8, 4) is 0 Å². The molecule has 1 fully saturated rings. The first-order valence-corrected chi connectivity index (χ1v) is 6.86. The highest BCUT2D eigenvalue weighted by Crippen LogP contribution is 2.21. The van der Waals surface area contributed by atoms with Crippen LogP contribution in [0.1, 0.15) is 0 Å². The minimum atomic E-state index is 0.424. The molecule has 0 amide bonds. The fourth-order valence-corrected chi connectivity index (χ4v) is 2.27. The molecule has 0 spiro atoms. The molecular weight excluding hydrogens is 276 g/mol. The number of ether oxygens (including phenoxy) is 1. The molecule has 1 aliphatic heterocycles. The highest BCUT2D eigenvalue weighted by molar-refractivity contribution is 6.29. The lowest BCUT2D eigenvalue weighted by molar-refractivity contribution is 0.122. The highest BCUT2D eigenvalue weighted by atomic mass is 35.5. The summed E-state index contributed by atoms with van der Waals surface area (Å²) in [5, 5.41) is 3.62. The Labute approximate surface area is 122 Å². The Morgan fingerprint density at radius 2 is 1.85 bits per heavy atom. The van der Waals surface area contributed by atoms with E-state index in [-0.39, 0.29) is 0 Å². The van der Waals surface area contributed by atoms with Crippen LogP contribution in [0.5, 0.6) is 0 Å². The maximum atomic E-state index is 5.83. The average Bonchev–Trinajstić information content (AvgIpc) is 2.49. The van der Waals surface area contributed by atoms with Crippen molar-refractivity contribution in [3.05, 3.63) is 41.8 Å². The number of halogens is 1. The molecule has 5 nitrogen and oxygen atoms in total. The van der Waals surface area contributed by atoms with Crippen LogP contribution in [0, 0.1) is 0 Å². The van der Waals surface area contributed by atoms with Crippen molar-refractivity contribution >= 4 is 28.8 Å². The smallest absolute Gasteiger partial charge is 0.135 e. The van der Waals surface area contributed by atoms with Crippen LogP contribution in [-0.2, 0) is 4.74 Å². The predicted molar refractivity (Wildman–Crippen MR) is 79.8 cm³/mol. The lowest BCUT2D eigenvalue weighted by Crippen LogP contribution is -2.36. The number of morpholine rings is 1. The summed E-state index contributed by atoms with van der Waals surface area (Å²) in [6, 6.07) is 9.94. The van der Waals surface area contributed by atoms with Gasteiger partial charge in [-0.2, -0.15) is 0 Å². The van der Waals surface area contributed by atoms with E-state index in [0.29, 0.717) is 11.0 Å². The van der Waals surface area contributed by atoms with Crippen LogP contribution in [-0.4, -0.2) is 36.3 Å². The Hall–Kier alpha value is -1.85. The summed E-state index contributed by atoms with van der Waals surface area (Å²) in [6.07, 6.45) is 1.44. The zero-order chi connectivity index (χ0) is 13.8. The molecule has 1 saturated heterocycles. The maximum absolute atomic E-state index is 5.83. The first-order valence-electron chi connectivity index (χ1n) is 6.48. The van der Waals surface area contributed by atoms with Crippen LogP contribution in [0.25, 0.3) is 0 Å². The number of benzene rings is 1. The number of hydrogen-bond donors (Lipinski definition) is 1. The van der Waals surface area contributed by atoms with Gasteiger partial charge in [-0.05, 0) is 24.3 Å². The minimum Gasteiger partial charge on any atom is -0.378 e. The molecule has 6 heteroatoms. The second-order valence-electron chi connectivity index (χ2n) is 4.50. The number of aromatic nitrogens is 2. The van der Waals surface area contributed by atoms with E-state index in [1.165, 1.54) is 12.0 Å². The van der Waals surface area contributed by atoms with Crippen molar-refractivity contribution in [2.24, 2.45) is 0 Å². The van der Waals surface area contributed by atoms with Crippen molar-refractivity contribution in [3.63, 3.8) is 0 Å². The number of rotatable bonds is 3. The van der Waals surface area contributed by atoms with Gasteiger partial charge in [0.05, 0.1) is 13.2 Å². The molecule has 1 aromatic heterocycles. The third-order valence-electron chi connectivity index (χ3n) is 3.15. The standard InChI is InChI=1S/C14H15ClN4O/c15-13-9-14(17-10-16-13)18-11-1-3-12(4-2-11)19-5-7-20-8-6-19/h1-4,9-10H,5-8H2,(H,16,17,18). The van der Waals surface area contributed by atoms with Gasteiger partial charge in [0.25, 0.3) is 0 Å². The lowest BCUT2D eigenvalue weighted by Gasteiger charge is -2.28. The Bertz CT molecular complexity index is 570. The highest BCUT2D eigenvalue weighted by Gasteiger charge is 2.10. The molecule has 0 saturated carbocycles. The van der Waals surface area contributed by atoms with E-state index >= 15 is 0 Å². The van der Waals surface area contributed by atoms with Crippen LogP contribution < -0.4 is 10.2 Å². The van der Waals surface area contributed by atoms with Crippen LogP contribution in [0.4, 0.5) is 17.2 Å². The van der Waals surface area contributed by atoms with Gasteiger partial charge in [-0.1, -0.05) is 11.6 Å². The molecule has 2 heterocycles. The minimum absolute atomic E-state index is 0.424. The molecule has 1 aromatic carbocycles. The van der Waals surface area contributed by atoms with Crippen LogP contribution in [0.2, 0.25) is 5.15 Å². The summed E-state index contributed by atoms with van der Waals surface area (Å²) in [5.74, 6) is 0.684. The summed E-state index contributed by atoms with van der Waals surface area (Å²) >= 11 is 5.83. The molecule has 1 aliphatic rings. The number of anilines is 3. The molecule has 0 aliphatic carbocycles. The average molecular weight is 291 g/mol. The Kier molecular flexibility index (Phi) is 3.99. The Morgan fingerprint density at radius 3 is 2.55 bits per heavy atom. The molecule has 0 bridgehead atoms. The largest absolute Gasteiger partial charge is 0.378 e. The van der Waals surface area contributed by atoms with E-state index < -0.39 is 0 Å². The van der Waals surface area contributed by atoms with Gasteiger partial charge in [0.1, 0.15) is 17.3 Å². The van der Waals surface area contributed by atoms with Crippen molar-refractivity contribution < 1.29 is 4.74 Å². The number of nitrogens with one attached hydrogen (secondary N) is 1. The molecule has 0 unspecified atom stereocenters. The van der Waals surface area contributed by atoms with Crippen molar-refractivity contribution in [2.75, 3.05) is 36.5 Å². The molecule has 3 rings (SSSR count). The van der Waals surface area contributed by atoms with Crippen LogP contribution in [0.3, 0.4) is 0 Å². The summed E-state index contributed by atoms with van der Waals surface area (Å²) in [7, 11) is 0. The molecule has 104 valence electrons. The van der Waals surface area contributed by atoms with Gasteiger partial charge in [0, 0.05) is 30.5 Å². The lowest BCUT2D eigenvalue weighted by atomic mass is 10.2. The number of hydrogen-bond acceptors (Lipinski definition) is 5. The van der Waals surface area contributed by atoms with E-state index in [9.17, 15) is 0 Å². The van der Waals surface area contributed by atoms with Crippen molar-refractivity contribution in [2.45, 2.75) is 0 Å². The quantitative estimate of drug-likeness (QED) is 0.881. The fourth-order valence-electron chi connectivity index (χ4n) is 2.13. The molecule has 0 radical (unpaired) electrons. The van der Waals surface area contributed by atoms with E-state index in [0.717, 1.165) is 32.0 Å². The molecular formula is C14H15ClN4O. The SMILES string of the molecule is Clc1cc(Nc2ccc(N3CCOCC3)cc2)ncn1. The summed E-state index contributed by atoms with van der Waals surface area (Å²) in [4.78, 5) is 10.3. The van der Waals surface area contributed by atoms with Gasteiger partial charge in [0.2, 0.25) is 0 Å². The third kappa shape index (κ3) is 3.18. The molecule has 2 aromatic rings. The van der Waals surface area contributed by atoms with Crippen LogP contribution in [0.15, 0.2) is 36.7 Å². The van der Waals surface area contributed by atoms with E-state index in [2.05, 4.69) is 32.3 Å². The molecule has 0 atom stereocenters. The van der Waals surface area contributed by atoms with Crippen LogP contribution >= 0.6 is 11.6 Å². The first kappa shape index (κ1) is 13.1. The zero-order valence-electron chi connectivity index (χ0n) is 10.9. The van der Waals surface area contributed by atoms with Crippen molar-refractivity contribution in [1.82, 2.24) is 9.97 Å². The summed E-state index contributed by atoms with van der Waals surface area (Å²) < 4.78 is 5.35. The van der Waals surface area contributed by atoms with Gasteiger partial charge in [0.15, 0.2) is 0 Å². The normalized spacial score (nSPS) is 15.2. The number of nitrogens with zero attached hydrogens (tertiary/aromatic N) is 3. The van der Waals surface area contributed by atoms with Gasteiger partial charge >= 0.3 is 0 Å². The summed E-state index contributed by atoms with van der Waals surface area (Å²) in [5.41, 5.74) is 2.18. The van der Waals surface area contributed by atoms with E-state index in [4.69, 9.17) is 16.3 Å². The third-order valence-corrected chi connectivity index (χ3v) is 3.36. The first-order chi connectivity index (χ1) is 9.81. The van der Waals surface area contributed by atoms with Gasteiger partial charge in [-0.25, -0.2) is 9.97 Å². The molecule has 20 heavy (non-hydrogen) atoms. The second-order valence-corrected chi connectivity index (χ2v) is 4.88. The van der Waals surface area contributed by atoms with Gasteiger partial charge in [-0.3, -0.25) is 0 Å². The van der Waals surface area contributed by atoms with E-state index in [1.54, 1.807) is 6.07 Å². The predicted octanol–water partition coefficient (Wildman–Crippen LogP) is 2.71.